The van der Waals surface area contributed by atoms with E-state index in [2.05, 4.69) is 0 Å². The summed E-state index contributed by atoms with van der Waals surface area (Å²) in [6, 6.07) is 0.420. The predicted octanol–water partition coefficient (Wildman–Crippen LogP) is 1.90. The summed E-state index contributed by atoms with van der Waals surface area (Å²) in [6.07, 6.45) is 2.27. The van der Waals surface area contributed by atoms with Crippen LogP contribution in [0.4, 0.5) is 14.5 Å². The SMILES string of the molecule is CO[C@@H]1CN(c2c(F)cc3c(=O)c(C(=O)O)cn(C4CC4)c3c2F)C[C@@H]1N.Cl. The number of pyridine rings is 1. The molecule has 1 aromatic heterocycles. The number of nitrogens with zero attached hydrogens (tertiary/aromatic N) is 2. The molecule has 1 aliphatic heterocycles. The van der Waals surface area contributed by atoms with Crippen LogP contribution in [0.15, 0.2) is 17.1 Å². The smallest absolute Gasteiger partial charge is 0.341 e. The maximum atomic E-state index is 15.4. The fourth-order valence-electron chi connectivity index (χ4n) is 3.75. The Hall–Kier alpha value is -2.23. The van der Waals surface area contributed by atoms with E-state index in [0.717, 1.165) is 25.1 Å². The summed E-state index contributed by atoms with van der Waals surface area (Å²) in [6.45, 7) is 0.427. The van der Waals surface area contributed by atoms with E-state index in [4.69, 9.17) is 10.5 Å². The van der Waals surface area contributed by atoms with Gasteiger partial charge in [-0.25, -0.2) is 13.6 Å². The molecule has 1 aliphatic carbocycles. The van der Waals surface area contributed by atoms with Crippen LogP contribution in [0.2, 0.25) is 0 Å². The van der Waals surface area contributed by atoms with E-state index >= 15 is 4.39 Å². The number of fused-ring (bicyclic) bond motifs is 1. The van der Waals surface area contributed by atoms with E-state index in [9.17, 15) is 19.1 Å². The number of rotatable bonds is 4. The molecule has 10 heteroatoms. The number of carboxylic acid groups (broad SMARTS) is 1. The molecular formula is C18H20ClF2N3O4. The Bertz CT molecular complexity index is 1010. The monoisotopic (exact) mass is 415 g/mol. The number of nitrogens with two attached hydrogens (primary N) is 1. The lowest BCUT2D eigenvalue weighted by molar-refractivity contribution is 0.0694. The average molecular weight is 416 g/mol. The van der Waals surface area contributed by atoms with E-state index in [1.807, 2.05) is 0 Å². The van der Waals surface area contributed by atoms with Crippen LogP contribution in [0, 0.1) is 11.6 Å². The van der Waals surface area contributed by atoms with Gasteiger partial charge in [-0.3, -0.25) is 4.79 Å². The topological polar surface area (TPSA) is 97.8 Å². The Morgan fingerprint density at radius 2 is 2.00 bits per heavy atom. The fraction of sp³-hybridized carbons (Fsp3) is 0.444. The summed E-state index contributed by atoms with van der Waals surface area (Å²) in [5.74, 6) is -3.23. The molecule has 7 nitrogen and oxygen atoms in total. The van der Waals surface area contributed by atoms with Gasteiger partial charge in [0.25, 0.3) is 0 Å². The summed E-state index contributed by atoms with van der Waals surface area (Å²) >= 11 is 0. The van der Waals surface area contributed by atoms with Gasteiger partial charge in [0.1, 0.15) is 17.1 Å². The zero-order valence-corrected chi connectivity index (χ0v) is 15.8. The molecule has 2 fully saturated rings. The molecule has 2 atom stereocenters. The minimum Gasteiger partial charge on any atom is -0.477 e. The molecule has 3 N–H and O–H groups in total. The van der Waals surface area contributed by atoms with Crippen LogP contribution in [-0.2, 0) is 4.74 Å². The number of methoxy groups -OCH3 is 1. The van der Waals surface area contributed by atoms with Gasteiger partial charge in [0.05, 0.1) is 23.0 Å². The van der Waals surface area contributed by atoms with Crippen molar-refractivity contribution in [2.75, 3.05) is 25.1 Å². The second kappa shape index (κ2) is 7.31. The van der Waals surface area contributed by atoms with Crippen LogP contribution >= 0.6 is 12.4 Å². The zero-order valence-electron chi connectivity index (χ0n) is 15.0. The van der Waals surface area contributed by atoms with Gasteiger partial charge in [-0.1, -0.05) is 0 Å². The second-order valence-corrected chi connectivity index (χ2v) is 7.08. The van der Waals surface area contributed by atoms with Gasteiger partial charge in [0.2, 0.25) is 5.43 Å². The lowest BCUT2D eigenvalue weighted by Gasteiger charge is -2.22. The van der Waals surface area contributed by atoms with Crippen molar-refractivity contribution < 1.29 is 23.4 Å². The van der Waals surface area contributed by atoms with Crippen molar-refractivity contribution in [3.05, 3.63) is 39.7 Å². The maximum Gasteiger partial charge on any atom is 0.341 e. The number of halogens is 3. The number of benzene rings is 1. The Kier molecular flexibility index (Phi) is 5.35. The molecule has 0 radical (unpaired) electrons. The molecule has 1 aromatic carbocycles. The van der Waals surface area contributed by atoms with Crippen molar-refractivity contribution in [1.29, 1.82) is 0 Å². The van der Waals surface area contributed by atoms with Crippen LogP contribution in [0.25, 0.3) is 10.9 Å². The molecule has 0 bridgehead atoms. The summed E-state index contributed by atoms with van der Waals surface area (Å²) in [4.78, 5) is 25.3. The minimum absolute atomic E-state index is 0. The van der Waals surface area contributed by atoms with Gasteiger partial charge >= 0.3 is 5.97 Å². The molecule has 1 saturated carbocycles. The molecular weight excluding hydrogens is 396 g/mol. The van der Waals surface area contributed by atoms with Gasteiger partial charge in [-0.15, -0.1) is 12.4 Å². The largest absolute Gasteiger partial charge is 0.477 e. The molecule has 4 rings (SSSR count). The first-order chi connectivity index (χ1) is 12.8. The number of aromatic carboxylic acids is 1. The highest BCUT2D eigenvalue weighted by Crippen LogP contribution is 2.40. The first-order valence-corrected chi connectivity index (χ1v) is 8.67. The molecule has 2 aliphatic rings. The third-order valence-electron chi connectivity index (χ3n) is 5.28. The van der Waals surface area contributed by atoms with Crippen LogP contribution in [0.5, 0.6) is 0 Å². The number of hydrogen-bond acceptors (Lipinski definition) is 5. The number of hydrogen-bond donors (Lipinski definition) is 2. The van der Waals surface area contributed by atoms with Crippen molar-refractivity contribution in [3.8, 4) is 0 Å². The summed E-state index contributed by atoms with van der Waals surface area (Å²) in [7, 11) is 1.49. The fourth-order valence-corrected chi connectivity index (χ4v) is 3.75. The third-order valence-corrected chi connectivity index (χ3v) is 5.28. The minimum atomic E-state index is -1.42. The van der Waals surface area contributed by atoms with E-state index in [-0.39, 0.29) is 54.2 Å². The highest BCUT2D eigenvalue weighted by molar-refractivity contribution is 5.94. The van der Waals surface area contributed by atoms with Crippen LogP contribution in [0.3, 0.4) is 0 Å². The Balaban J connectivity index is 0.00000225. The Labute approximate surface area is 165 Å². The number of anilines is 1. The first kappa shape index (κ1) is 20.5. The molecule has 0 spiro atoms. The normalized spacial score (nSPS) is 21.8. The van der Waals surface area contributed by atoms with Gasteiger partial charge < -0.3 is 25.0 Å². The molecule has 2 heterocycles. The Morgan fingerprint density at radius 3 is 2.54 bits per heavy atom. The first-order valence-electron chi connectivity index (χ1n) is 8.67. The highest BCUT2D eigenvalue weighted by Gasteiger charge is 2.35. The maximum absolute atomic E-state index is 15.4. The van der Waals surface area contributed by atoms with Crippen LogP contribution in [0.1, 0.15) is 29.2 Å². The summed E-state index contributed by atoms with van der Waals surface area (Å²) < 4.78 is 36.9. The molecule has 2 aromatic rings. The summed E-state index contributed by atoms with van der Waals surface area (Å²) in [5.41, 5.74) is 4.23. The second-order valence-electron chi connectivity index (χ2n) is 7.08. The van der Waals surface area contributed by atoms with Crippen LogP contribution in [-0.4, -0.2) is 48.0 Å². The van der Waals surface area contributed by atoms with Crippen molar-refractivity contribution in [2.24, 2.45) is 5.73 Å². The molecule has 0 unspecified atom stereocenters. The van der Waals surface area contributed by atoms with E-state index in [1.54, 1.807) is 0 Å². The molecule has 152 valence electrons. The average Bonchev–Trinajstić information content (AvgIpc) is 3.38. The molecule has 1 saturated heterocycles. The van der Waals surface area contributed by atoms with Crippen molar-refractivity contribution >= 4 is 35.0 Å². The summed E-state index contributed by atoms with van der Waals surface area (Å²) in [5, 5.41) is 9.00. The molecule has 28 heavy (non-hydrogen) atoms. The third kappa shape index (κ3) is 3.13. The number of carbonyl (C=O) groups is 1. The van der Waals surface area contributed by atoms with Crippen molar-refractivity contribution in [3.63, 3.8) is 0 Å². The standard InChI is InChI=1S/C18H19F2N3O4.ClH/c1-27-13-7-22(6-12(13)21)16-11(19)4-9-15(14(16)20)23(8-2-3-8)5-10(17(9)24)18(25)26;/h4-5,8,12-13H,2-3,6-7,21H2,1H3,(H,25,26);1H/t12-,13+;/m0./s1. The zero-order chi connectivity index (χ0) is 19.5. The molecule has 0 amide bonds. The highest BCUT2D eigenvalue weighted by atomic mass is 35.5. The van der Waals surface area contributed by atoms with E-state index in [0.29, 0.717) is 0 Å². The predicted molar refractivity (Wildman–Crippen MR) is 102 cm³/mol. The number of carboxylic acids is 1. The van der Waals surface area contributed by atoms with Crippen LogP contribution < -0.4 is 16.1 Å². The van der Waals surface area contributed by atoms with Gasteiger partial charge in [-0.05, 0) is 18.9 Å². The lowest BCUT2D eigenvalue weighted by Crippen LogP contribution is -2.34. The van der Waals surface area contributed by atoms with Gasteiger partial charge in [-0.2, -0.15) is 0 Å². The van der Waals surface area contributed by atoms with E-state index < -0.39 is 34.6 Å². The number of aromatic nitrogens is 1. The van der Waals surface area contributed by atoms with Crippen molar-refractivity contribution in [1.82, 2.24) is 4.57 Å². The number of ether oxygens (including phenoxy) is 1. The Morgan fingerprint density at radius 1 is 1.32 bits per heavy atom. The van der Waals surface area contributed by atoms with E-state index in [1.165, 1.54) is 16.6 Å². The van der Waals surface area contributed by atoms with Crippen molar-refractivity contribution in [2.45, 2.75) is 31.0 Å². The van der Waals surface area contributed by atoms with Gasteiger partial charge in [0, 0.05) is 32.4 Å². The quantitative estimate of drug-likeness (QED) is 0.791. The van der Waals surface area contributed by atoms with Gasteiger partial charge in [0.15, 0.2) is 5.82 Å². The lowest BCUT2D eigenvalue weighted by atomic mass is 10.1.